The summed E-state index contributed by atoms with van der Waals surface area (Å²) in [5, 5.41) is 0. The zero-order valence-electron chi connectivity index (χ0n) is 15.5. The first kappa shape index (κ1) is 16.9. The number of benzene rings is 2. The fourth-order valence-electron chi connectivity index (χ4n) is 5.21. The molecule has 0 N–H and O–H groups in total. The fourth-order valence-corrected chi connectivity index (χ4v) is 5.21. The number of halogens is 1. The molecule has 0 aliphatic carbocycles. The summed E-state index contributed by atoms with van der Waals surface area (Å²) in [7, 11) is 0. The highest BCUT2D eigenvalue weighted by Crippen LogP contribution is 2.36. The molecule has 140 valence electrons. The molecular formula is C23H25FN2O. The van der Waals surface area contributed by atoms with Gasteiger partial charge >= 0.3 is 0 Å². The minimum absolute atomic E-state index is 0.131. The second-order valence-electron chi connectivity index (χ2n) is 8.26. The van der Waals surface area contributed by atoms with Crippen LogP contribution in [-0.2, 0) is 6.54 Å². The second kappa shape index (κ2) is 6.75. The van der Waals surface area contributed by atoms with E-state index in [1.807, 2.05) is 17.0 Å². The monoisotopic (exact) mass is 364 g/mol. The highest BCUT2D eigenvalue weighted by atomic mass is 19.1. The highest BCUT2D eigenvalue weighted by molar-refractivity contribution is 6.04. The average molecular weight is 364 g/mol. The third kappa shape index (κ3) is 3.06. The summed E-state index contributed by atoms with van der Waals surface area (Å²) in [6, 6.07) is 12.5. The standard InChI is InChI=1S/C23H25FN2O/c24-20-6-4-17(5-7-20)21-3-1-2-19-15-26(23(27)22(19)21)13-10-18-14-25-11-8-16(18)9-12-25/h1-7,16,18H,8-15H2/t18-/m0/s1. The van der Waals surface area contributed by atoms with E-state index in [4.69, 9.17) is 0 Å². The lowest BCUT2D eigenvalue weighted by molar-refractivity contribution is 0.0395. The first-order valence-corrected chi connectivity index (χ1v) is 10.1. The van der Waals surface area contributed by atoms with Crippen molar-refractivity contribution >= 4 is 5.91 Å². The molecule has 2 aromatic rings. The molecule has 3 fully saturated rings. The number of piperidine rings is 3. The summed E-state index contributed by atoms with van der Waals surface area (Å²) in [5.74, 6) is 1.47. The molecule has 4 heteroatoms. The Kier molecular flexibility index (Phi) is 4.24. The molecule has 1 amide bonds. The molecule has 3 saturated heterocycles. The molecule has 6 rings (SSSR count). The molecule has 2 aromatic carbocycles. The Bertz CT molecular complexity index is 855. The predicted molar refractivity (Wildman–Crippen MR) is 104 cm³/mol. The molecule has 2 bridgehead atoms. The van der Waals surface area contributed by atoms with Gasteiger partial charge in [-0.1, -0.05) is 30.3 Å². The normalized spacial score (nSPS) is 26.5. The lowest BCUT2D eigenvalue weighted by atomic mass is 9.77. The molecule has 1 atom stereocenters. The number of nitrogens with zero attached hydrogens (tertiary/aromatic N) is 2. The molecular weight excluding hydrogens is 339 g/mol. The third-order valence-corrected chi connectivity index (χ3v) is 6.73. The topological polar surface area (TPSA) is 23.6 Å². The van der Waals surface area contributed by atoms with Crippen LogP contribution in [0.15, 0.2) is 42.5 Å². The van der Waals surface area contributed by atoms with Gasteiger partial charge in [0.2, 0.25) is 0 Å². The number of carbonyl (C=O) groups is 1. The van der Waals surface area contributed by atoms with Gasteiger partial charge in [0, 0.05) is 19.6 Å². The van der Waals surface area contributed by atoms with Crippen molar-refractivity contribution in [1.29, 1.82) is 0 Å². The van der Waals surface area contributed by atoms with Gasteiger partial charge in [-0.05, 0) is 73.0 Å². The van der Waals surface area contributed by atoms with Gasteiger partial charge in [-0.3, -0.25) is 4.79 Å². The number of rotatable bonds is 4. The van der Waals surface area contributed by atoms with Crippen LogP contribution in [0.25, 0.3) is 11.1 Å². The number of amides is 1. The first-order chi connectivity index (χ1) is 13.2. The number of hydrogen-bond donors (Lipinski definition) is 0. The van der Waals surface area contributed by atoms with E-state index in [9.17, 15) is 9.18 Å². The SMILES string of the molecule is O=C1c2c(cccc2-c2ccc(F)cc2)CN1CC[C@H]1CN2CCC1CC2. The third-order valence-electron chi connectivity index (χ3n) is 6.73. The molecule has 0 spiro atoms. The lowest BCUT2D eigenvalue weighted by Crippen LogP contribution is -2.48. The Morgan fingerprint density at radius 3 is 2.52 bits per heavy atom. The number of hydrogen-bond acceptors (Lipinski definition) is 2. The first-order valence-electron chi connectivity index (χ1n) is 10.1. The van der Waals surface area contributed by atoms with Gasteiger partial charge in [0.15, 0.2) is 0 Å². The van der Waals surface area contributed by atoms with Crippen LogP contribution in [0, 0.1) is 17.7 Å². The smallest absolute Gasteiger partial charge is 0.255 e. The molecule has 0 aromatic heterocycles. The van der Waals surface area contributed by atoms with E-state index >= 15 is 0 Å². The Morgan fingerprint density at radius 1 is 1.04 bits per heavy atom. The van der Waals surface area contributed by atoms with Crippen LogP contribution in [-0.4, -0.2) is 41.9 Å². The van der Waals surface area contributed by atoms with Crippen molar-refractivity contribution in [2.75, 3.05) is 26.2 Å². The molecule has 4 heterocycles. The van der Waals surface area contributed by atoms with Crippen LogP contribution >= 0.6 is 0 Å². The Hall–Kier alpha value is -2.20. The van der Waals surface area contributed by atoms with Gasteiger partial charge in [-0.25, -0.2) is 4.39 Å². The number of fused-ring (bicyclic) bond motifs is 4. The molecule has 4 aliphatic rings. The number of carbonyl (C=O) groups excluding carboxylic acids is 1. The van der Waals surface area contributed by atoms with E-state index in [0.29, 0.717) is 6.54 Å². The van der Waals surface area contributed by atoms with Gasteiger partial charge in [-0.2, -0.15) is 0 Å². The van der Waals surface area contributed by atoms with Gasteiger partial charge in [0.1, 0.15) is 5.82 Å². The Labute approximate surface area is 159 Å². The summed E-state index contributed by atoms with van der Waals surface area (Å²) in [4.78, 5) is 17.7. The largest absolute Gasteiger partial charge is 0.334 e. The zero-order valence-corrected chi connectivity index (χ0v) is 15.5. The molecule has 4 aliphatic heterocycles. The van der Waals surface area contributed by atoms with E-state index in [-0.39, 0.29) is 11.7 Å². The Morgan fingerprint density at radius 2 is 1.81 bits per heavy atom. The molecule has 27 heavy (non-hydrogen) atoms. The summed E-state index contributed by atoms with van der Waals surface area (Å²) in [5.41, 5.74) is 3.72. The van der Waals surface area contributed by atoms with Crippen LogP contribution in [0.3, 0.4) is 0 Å². The maximum atomic E-state index is 13.3. The maximum Gasteiger partial charge on any atom is 0.255 e. The van der Waals surface area contributed by atoms with Crippen LogP contribution < -0.4 is 0 Å². The minimum atomic E-state index is -0.253. The van der Waals surface area contributed by atoms with Gasteiger partial charge < -0.3 is 9.80 Å². The van der Waals surface area contributed by atoms with Crippen molar-refractivity contribution in [2.24, 2.45) is 11.8 Å². The van der Waals surface area contributed by atoms with E-state index in [2.05, 4.69) is 11.0 Å². The van der Waals surface area contributed by atoms with Crippen LogP contribution in [0.4, 0.5) is 4.39 Å². The molecule has 0 unspecified atom stereocenters. The van der Waals surface area contributed by atoms with Crippen molar-refractivity contribution in [1.82, 2.24) is 9.80 Å². The van der Waals surface area contributed by atoms with Gasteiger partial charge in [-0.15, -0.1) is 0 Å². The van der Waals surface area contributed by atoms with E-state index < -0.39 is 0 Å². The van der Waals surface area contributed by atoms with Crippen LogP contribution in [0.2, 0.25) is 0 Å². The Balaban J connectivity index is 1.33. The highest BCUT2D eigenvalue weighted by Gasteiger charge is 2.35. The van der Waals surface area contributed by atoms with Crippen molar-refractivity contribution in [3.8, 4) is 11.1 Å². The van der Waals surface area contributed by atoms with Crippen LogP contribution in [0.5, 0.6) is 0 Å². The van der Waals surface area contributed by atoms with Crippen molar-refractivity contribution < 1.29 is 9.18 Å². The van der Waals surface area contributed by atoms with Gasteiger partial charge in [0.25, 0.3) is 5.91 Å². The molecule has 0 radical (unpaired) electrons. The van der Waals surface area contributed by atoms with Crippen molar-refractivity contribution in [2.45, 2.75) is 25.8 Å². The summed E-state index contributed by atoms with van der Waals surface area (Å²) in [6.07, 6.45) is 3.76. The zero-order chi connectivity index (χ0) is 18.4. The fraction of sp³-hybridized carbons (Fsp3) is 0.435. The lowest BCUT2D eigenvalue weighted by Gasteiger charge is -2.45. The predicted octanol–water partition coefficient (Wildman–Crippen LogP) is 4.18. The van der Waals surface area contributed by atoms with Crippen molar-refractivity contribution in [3.05, 3.63) is 59.4 Å². The molecule has 3 nitrogen and oxygen atoms in total. The quantitative estimate of drug-likeness (QED) is 0.813. The summed E-state index contributed by atoms with van der Waals surface area (Å²) < 4.78 is 13.3. The second-order valence-corrected chi connectivity index (χ2v) is 8.26. The summed E-state index contributed by atoms with van der Waals surface area (Å²) >= 11 is 0. The summed E-state index contributed by atoms with van der Waals surface area (Å²) in [6.45, 7) is 5.27. The maximum absolute atomic E-state index is 13.3. The van der Waals surface area contributed by atoms with E-state index in [1.54, 1.807) is 12.1 Å². The average Bonchev–Trinajstić information content (AvgIpc) is 3.04. The van der Waals surface area contributed by atoms with Crippen molar-refractivity contribution in [3.63, 3.8) is 0 Å². The van der Waals surface area contributed by atoms with Crippen LogP contribution in [0.1, 0.15) is 35.2 Å². The van der Waals surface area contributed by atoms with E-state index in [0.717, 1.165) is 47.1 Å². The van der Waals surface area contributed by atoms with Gasteiger partial charge in [0.05, 0.1) is 5.56 Å². The minimum Gasteiger partial charge on any atom is -0.334 e. The van der Waals surface area contributed by atoms with E-state index in [1.165, 1.54) is 44.6 Å². The molecule has 0 saturated carbocycles.